The van der Waals surface area contributed by atoms with Crippen LogP contribution < -0.4 is 5.30 Å². The van der Waals surface area contributed by atoms with Crippen LogP contribution in [0.1, 0.15) is 65.7 Å². The molecule has 0 aliphatic rings. The van der Waals surface area contributed by atoms with Gasteiger partial charge in [-0.3, -0.25) is 0 Å². The second-order valence-corrected chi connectivity index (χ2v) is 8.14. The van der Waals surface area contributed by atoms with Gasteiger partial charge in [0, 0.05) is 10.8 Å². The minimum Gasteiger partial charge on any atom is -0.129 e. The van der Waals surface area contributed by atoms with Crippen LogP contribution >= 0.6 is 17.8 Å². The molecule has 0 bridgehead atoms. The molecule has 0 saturated heterocycles. The van der Waals surface area contributed by atoms with Crippen molar-refractivity contribution in [3.05, 3.63) is 36.0 Å². The summed E-state index contributed by atoms with van der Waals surface area (Å²) in [6.45, 7) is 6.97. The zero-order valence-corrected chi connectivity index (χ0v) is 15.6. The SMILES string of the molecule is CCCC[C](P)C(CC)(CCCC)Pc1ccccc1. The number of hydrogen-bond donors (Lipinski definition) is 0. The van der Waals surface area contributed by atoms with Gasteiger partial charge in [0.2, 0.25) is 0 Å². The third-order valence-corrected chi connectivity index (χ3v) is 7.29. The van der Waals surface area contributed by atoms with E-state index in [0.29, 0.717) is 5.16 Å². The lowest BCUT2D eigenvalue weighted by molar-refractivity contribution is 0.514. The molecule has 0 aliphatic heterocycles. The van der Waals surface area contributed by atoms with Gasteiger partial charge in [-0.25, -0.2) is 0 Å². The van der Waals surface area contributed by atoms with Crippen molar-refractivity contribution < 1.29 is 0 Å². The summed E-state index contributed by atoms with van der Waals surface area (Å²) in [6, 6.07) is 11.1. The Morgan fingerprint density at radius 2 is 1.70 bits per heavy atom. The molecular weight excluding hydrogens is 278 g/mol. The van der Waals surface area contributed by atoms with E-state index in [1.165, 1.54) is 50.3 Å². The molecule has 1 aromatic carbocycles. The Balaban J connectivity index is 2.85. The summed E-state index contributed by atoms with van der Waals surface area (Å²) in [5.41, 5.74) is 1.66. The lowest BCUT2D eigenvalue weighted by Crippen LogP contribution is -2.30. The molecule has 0 nitrogen and oxygen atoms in total. The van der Waals surface area contributed by atoms with Crippen molar-refractivity contribution in [3.8, 4) is 0 Å². The monoisotopic (exact) mass is 309 g/mol. The van der Waals surface area contributed by atoms with Crippen LogP contribution in [0.4, 0.5) is 0 Å². The number of benzene rings is 1. The smallest absolute Gasteiger partial charge is 0.00446 e. The Labute approximate surface area is 130 Å². The molecule has 3 unspecified atom stereocenters. The molecule has 20 heavy (non-hydrogen) atoms. The molecule has 1 radical (unpaired) electrons. The highest BCUT2D eigenvalue weighted by Gasteiger charge is 2.34. The fourth-order valence-corrected chi connectivity index (χ4v) is 5.12. The Hall–Kier alpha value is 0.0800. The molecule has 0 aromatic heterocycles. The van der Waals surface area contributed by atoms with Gasteiger partial charge in [-0.1, -0.05) is 85.4 Å². The summed E-state index contributed by atoms with van der Waals surface area (Å²) < 4.78 is 0. The van der Waals surface area contributed by atoms with E-state index in [9.17, 15) is 0 Å². The van der Waals surface area contributed by atoms with Gasteiger partial charge in [0.05, 0.1) is 0 Å². The van der Waals surface area contributed by atoms with E-state index >= 15 is 0 Å². The average Bonchev–Trinajstić information content (AvgIpc) is 2.50. The van der Waals surface area contributed by atoms with Crippen molar-refractivity contribution in [1.29, 1.82) is 0 Å². The van der Waals surface area contributed by atoms with Crippen LogP contribution in [0.2, 0.25) is 0 Å². The van der Waals surface area contributed by atoms with Gasteiger partial charge in [-0.15, -0.1) is 9.24 Å². The maximum atomic E-state index is 3.11. The van der Waals surface area contributed by atoms with Gasteiger partial charge < -0.3 is 0 Å². The molecule has 0 heterocycles. The van der Waals surface area contributed by atoms with Crippen molar-refractivity contribution in [3.63, 3.8) is 0 Å². The molecule has 0 aliphatic carbocycles. The first-order valence-corrected chi connectivity index (χ1v) is 9.71. The molecular formula is C18H31P2. The van der Waals surface area contributed by atoms with E-state index in [2.05, 4.69) is 60.3 Å². The van der Waals surface area contributed by atoms with Crippen LogP contribution in [0.3, 0.4) is 0 Å². The minimum absolute atomic E-state index is 0.414. The van der Waals surface area contributed by atoms with Crippen molar-refractivity contribution in [2.45, 2.75) is 70.9 Å². The largest absolute Gasteiger partial charge is 0.129 e. The third-order valence-electron chi connectivity index (χ3n) is 4.13. The highest BCUT2D eigenvalue weighted by Crippen LogP contribution is 2.50. The molecule has 0 N–H and O–H groups in total. The number of unbranched alkanes of at least 4 members (excludes halogenated alkanes) is 2. The molecule has 0 amide bonds. The maximum absolute atomic E-state index is 3.11. The van der Waals surface area contributed by atoms with Crippen molar-refractivity contribution in [1.82, 2.24) is 0 Å². The van der Waals surface area contributed by atoms with Gasteiger partial charge in [0.1, 0.15) is 0 Å². The summed E-state index contributed by atoms with van der Waals surface area (Å²) in [7, 11) is 4.02. The molecule has 2 heteroatoms. The minimum atomic E-state index is 0.414. The van der Waals surface area contributed by atoms with E-state index in [1.54, 1.807) is 5.66 Å². The van der Waals surface area contributed by atoms with E-state index in [-0.39, 0.29) is 0 Å². The summed E-state index contributed by atoms with van der Waals surface area (Å²) in [4.78, 5) is 0. The summed E-state index contributed by atoms with van der Waals surface area (Å²) in [5.74, 6) is 0. The van der Waals surface area contributed by atoms with E-state index in [4.69, 9.17) is 0 Å². The number of hydrogen-bond acceptors (Lipinski definition) is 0. The van der Waals surface area contributed by atoms with Crippen LogP contribution in [-0.4, -0.2) is 5.16 Å². The fourth-order valence-electron chi connectivity index (χ4n) is 2.68. The molecule has 1 aromatic rings. The van der Waals surface area contributed by atoms with Gasteiger partial charge >= 0.3 is 0 Å². The normalized spacial score (nSPS) is 15.1. The highest BCUT2D eigenvalue weighted by atomic mass is 31.1. The zero-order chi connectivity index (χ0) is 14.8. The predicted octanol–water partition coefficient (Wildman–Crippen LogP) is 5.93. The van der Waals surface area contributed by atoms with Gasteiger partial charge in [-0.2, -0.15) is 0 Å². The Bertz CT molecular complexity index is 350. The van der Waals surface area contributed by atoms with Gasteiger partial charge in [0.25, 0.3) is 0 Å². The molecule has 0 saturated carbocycles. The standard InChI is InChI=1S/C18H31P2/c1-4-7-14-17(19)18(6-3,15-8-5-2)20-16-12-10-9-11-13-16/h9-13,20H,4-8,14-15,19H2,1-3H3. The van der Waals surface area contributed by atoms with Crippen LogP contribution in [-0.2, 0) is 0 Å². The first-order valence-electron chi connectivity index (χ1n) is 8.13. The second-order valence-electron chi connectivity index (χ2n) is 5.66. The Kier molecular flexibility index (Phi) is 8.99. The second kappa shape index (κ2) is 9.92. The van der Waals surface area contributed by atoms with Gasteiger partial charge in [-0.05, 0) is 24.6 Å². The van der Waals surface area contributed by atoms with E-state index < -0.39 is 0 Å². The van der Waals surface area contributed by atoms with E-state index in [1.807, 2.05) is 0 Å². The molecule has 1 rings (SSSR count). The topological polar surface area (TPSA) is 0 Å². The molecule has 3 atom stereocenters. The number of rotatable bonds is 10. The van der Waals surface area contributed by atoms with Crippen LogP contribution in [0.5, 0.6) is 0 Å². The average molecular weight is 309 g/mol. The van der Waals surface area contributed by atoms with E-state index in [0.717, 1.165) is 8.58 Å². The van der Waals surface area contributed by atoms with Crippen LogP contribution in [0.15, 0.2) is 30.3 Å². The van der Waals surface area contributed by atoms with Crippen molar-refractivity contribution >= 4 is 23.1 Å². The van der Waals surface area contributed by atoms with Crippen molar-refractivity contribution in [2.75, 3.05) is 0 Å². The quantitative estimate of drug-likeness (QED) is 0.470. The summed E-state index contributed by atoms with van der Waals surface area (Å²) in [6.07, 6.45) is 9.15. The van der Waals surface area contributed by atoms with Crippen molar-refractivity contribution in [2.24, 2.45) is 0 Å². The Morgan fingerprint density at radius 3 is 2.25 bits per heavy atom. The fraction of sp³-hybridized carbons (Fsp3) is 0.611. The zero-order valence-electron chi connectivity index (χ0n) is 13.4. The van der Waals surface area contributed by atoms with Crippen LogP contribution in [0, 0.1) is 5.66 Å². The third kappa shape index (κ3) is 5.46. The molecule has 113 valence electrons. The summed E-state index contributed by atoms with van der Waals surface area (Å²) in [5, 5.41) is 1.93. The Morgan fingerprint density at radius 1 is 1.05 bits per heavy atom. The molecule has 0 fully saturated rings. The lowest BCUT2D eigenvalue weighted by atomic mass is 9.91. The van der Waals surface area contributed by atoms with Gasteiger partial charge in [0.15, 0.2) is 0 Å². The maximum Gasteiger partial charge on any atom is 0.00446 e. The highest BCUT2D eigenvalue weighted by molar-refractivity contribution is 7.50. The first-order chi connectivity index (χ1) is 9.68. The predicted molar refractivity (Wildman–Crippen MR) is 99.4 cm³/mol. The van der Waals surface area contributed by atoms with Crippen LogP contribution in [0.25, 0.3) is 0 Å². The summed E-state index contributed by atoms with van der Waals surface area (Å²) >= 11 is 0. The lowest BCUT2D eigenvalue weighted by Gasteiger charge is -2.38. The first kappa shape index (κ1) is 18.1. The molecule has 0 spiro atoms.